The molecule has 4 heteroatoms. The van der Waals surface area contributed by atoms with Gasteiger partial charge in [-0.05, 0) is 42.7 Å². The number of amides is 1. The van der Waals surface area contributed by atoms with Gasteiger partial charge in [0, 0.05) is 12.7 Å². The van der Waals surface area contributed by atoms with Crippen molar-refractivity contribution in [1.29, 1.82) is 0 Å². The van der Waals surface area contributed by atoms with E-state index in [0.717, 1.165) is 16.8 Å². The second-order valence-corrected chi connectivity index (χ2v) is 5.16. The quantitative estimate of drug-likeness (QED) is 0.904. The summed E-state index contributed by atoms with van der Waals surface area (Å²) in [6, 6.07) is 13.8. The highest BCUT2D eigenvalue weighted by molar-refractivity contribution is 5.97. The minimum Gasteiger partial charge on any atom is -0.508 e. The molecule has 21 heavy (non-hydrogen) atoms. The number of nitrogens with two attached hydrogens (primary N) is 1. The van der Waals surface area contributed by atoms with Crippen LogP contribution < -0.4 is 10.6 Å². The van der Waals surface area contributed by atoms with Gasteiger partial charge in [-0.1, -0.05) is 30.3 Å². The predicted molar refractivity (Wildman–Crippen MR) is 84.4 cm³/mol. The fourth-order valence-electron chi connectivity index (χ4n) is 2.28. The lowest BCUT2D eigenvalue weighted by atomic mass is 10.0. The van der Waals surface area contributed by atoms with E-state index in [-0.39, 0.29) is 11.7 Å². The van der Waals surface area contributed by atoms with Crippen molar-refractivity contribution >= 4 is 11.6 Å². The molecule has 2 aromatic carbocycles. The molecule has 110 valence electrons. The molecule has 0 saturated carbocycles. The third-order valence-corrected chi connectivity index (χ3v) is 3.52. The maximum atomic E-state index is 12.4. The van der Waals surface area contributed by atoms with Crippen molar-refractivity contribution in [2.24, 2.45) is 5.73 Å². The number of aromatic hydroxyl groups is 1. The number of anilines is 1. The molecule has 1 atom stereocenters. The molecule has 3 N–H and O–H groups in total. The van der Waals surface area contributed by atoms with Gasteiger partial charge in [0.25, 0.3) is 0 Å². The summed E-state index contributed by atoms with van der Waals surface area (Å²) in [5.74, 6) is 0.0769. The van der Waals surface area contributed by atoms with Crippen LogP contribution in [0, 0.1) is 6.92 Å². The van der Waals surface area contributed by atoms with Gasteiger partial charge in [-0.3, -0.25) is 4.79 Å². The lowest BCUT2D eigenvalue weighted by Gasteiger charge is -2.23. The minimum absolute atomic E-state index is 0.127. The molecule has 0 spiro atoms. The Morgan fingerprint density at radius 1 is 1.19 bits per heavy atom. The number of hydrogen-bond acceptors (Lipinski definition) is 3. The van der Waals surface area contributed by atoms with Gasteiger partial charge in [0.15, 0.2) is 0 Å². The van der Waals surface area contributed by atoms with E-state index in [1.807, 2.05) is 31.2 Å². The summed E-state index contributed by atoms with van der Waals surface area (Å²) in [7, 11) is 1.74. The van der Waals surface area contributed by atoms with Gasteiger partial charge >= 0.3 is 0 Å². The summed E-state index contributed by atoms with van der Waals surface area (Å²) < 4.78 is 0. The highest BCUT2D eigenvalue weighted by Crippen LogP contribution is 2.19. The van der Waals surface area contributed by atoms with Gasteiger partial charge in [0.2, 0.25) is 5.91 Å². The topological polar surface area (TPSA) is 66.6 Å². The Kier molecular flexibility index (Phi) is 4.60. The summed E-state index contributed by atoms with van der Waals surface area (Å²) in [6.07, 6.45) is 0.440. The van der Waals surface area contributed by atoms with E-state index in [9.17, 15) is 9.90 Å². The van der Waals surface area contributed by atoms with Gasteiger partial charge in [0.1, 0.15) is 5.75 Å². The van der Waals surface area contributed by atoms with Crippen molar-refractivity contribution in [2.75, 3.05) is 11.9 Å². The summed E-state index contributed by atoms with van der Waals surface area (Å²) in [5, 5.41) is 9.26. The zero-order chi connectivity index (χ0) is 15.4. The molecule has 2 rings (SSSR count). The monoisotopic (exact) mass is 284 g/mol. The average Bonchev–Trinajstić information content (AvgIpc) is 2.48. The first-order valence-corrected chi connectivity index (χ1v) is 6.85. The molecular formula is C17H20N2O2. The molecule has 0 radical (unpaired) electrons. The van der Waals surface area contributed by atoms with Crippen LogP contribution in [0.15, 0.2) is 48.5 Å². The number of likely N-dealkylation sites (N-methyl/N-ethyl adjacent to an activating group) is 1. The summed E-state index contributed by atoms with van der Waals surface area (Å²) in [4.78, 5) is 14.0. The highest BCUT2D eigenvalue weighted by atomic mass is 16.3. The van der Waals surface area contributed by atoms with Gasteiger partial charge in [-0.2, -0.15) is 0 Å². The van der Waals surface area contributed by atoms with Gasteiger partial charge in [-0.25, -0.2) is 0 Å². The lowest BCUT2D eigenvalue weighted by Crippen LogP contribution is -2.43. The molecule has 0 fully saturated rings. The number of carbonyl (C=O) groups is 1. The van der Waals surface area contributed by atoms with E-state index in [1.54, 1.807) is 36.2 Å². The van der Waals surface area contributed by atoms with Crippen LogP contribution in [0.25, 0.3) is 0 Å². The van der Waals surface area contributed by atoms with E-state index in [0.29, 0.717) is 6.42 Å². The van der Waals surface area contributed by atoms with Crippen molar-refractivity contribution in [3.8, 4) is 5.75 Å². The molecule has 0 aliphatic carbocycles. The Labute approximate surface area is 124 Å². The van der Waals surface area contributed by atoms with Crippen molar-refractivity contribution in [1.82, 2.24) is 0 Å². The standard InChI is InChI=1S/C17H20N2O2/c1-12-5-3-4-6-16(12)19(2)17(21)15(18)11-13-7-9-14(20)10-8-13/h3-10,15,20H,11,18H2,1-2H3/t15-/m0/s1. The van der Waals surface area contributed by atoms with Gasteiger partial charge in [-0.15, -0.1) is 0 Å². The molecule has 0 aliphatic rings. The first kappa shape index (κ1) is 15.1. The molecule has 2 aromatic rings. The third-order valence-electron chi connectivity index (χ3n) is 3.52. The van der Waals surface area contributed by atoms with E-state index >= 15 is 0 Å². The van der Waals surface area contributed by atoms with E-state index < -0.39 is 6.04 Å². The Bertz CT molecular complexity index is 623. The molecular weight excluding hydrogens is 264 g/mol. The molecule has 0 saturated heterocycles. The van der Waals surface area contributed by atoms with Crippen LogP contribution in [0.1, 0.15) is 11.1 Å². The smallest absolute Gasteiger partial charge is 0.243 e. The molecule has 0 heterocycles. The maximum absolute atomic E-state index is 12.4. The molecule has 1 amide bonds. The third kappa shape index (κ3) is 3.61. The van der Waals surface area contributed by atoms with Crippen molar-refractivity contribution in [3.05, 3.63) is 59.7 Å². The first-order valence-electron chi connectivity index (χ1n) is 6.85. The SMILES string of the molecule is Cc1ccccc1N(C)C(=O)[C@@H](N)Cc1ccc(O)cc1. The van der Waals surface area contributed by atoms with Crippen molar-refractivity contribution < 1.29 is 9.90 Å². The molecule has 0 bridgehead atoms. The van der Waals surface area contributed by atoms with E-state index in [4.69, 9.17) is 5.73 Å². The van der Waals surface area contributed by atoms with Gasteiger partial charge < -0.3 is 15.7 Å². The van der Waals surface area contributed by atoms with Crippen LogP contribution >= 0.6 is 0 Å². The van der Waals surface area contributed by atoms with Gasteiger partial charge in [0.05, 0.1) is 6.04 Å². The second kappa shape index (κ2) is 6.41. The average molecular weight is 284 g/mol. The molecule has 4 nitrogen and oxygen atoms in total. The highest BCUT2D eigenvalue weighted by Gasteiger charge is 2.20. The fourth-order valence-corrected chi connectivity index (χ4v) is 2.28. The summed E-state index contributed by atoms with van der Waals surface area (Å²) in [5.41, 5.74) is 8.84. The number of rotatable bonds is 4. The maximum Gasteiger partial charge on any atom is 0.243 e. The number of hydrogen-bond donors (Lipinski definition) is 2. The summed E-state index contributed by atoms with van der Waals surface area (Å²) >= 11 is 0. The first-order chi connectivity index (χ1) is 9.99. The Morgan fingerprint density at radius 3 is 2.43 bits per heavy atom. The molecule has 0 unspecified atom stereocenters. The van der Waals surface area contributed by atoms with Crippen LogP contribution in [0.4, 0.5) is 5.69 Å². The second-order valence-electron chi connectivity index (χ2n) is 5.16. The van der Waals surface area contributed by atoms with E-state index in [1.165, 1.54) is 0 Å². The zero-order valence-electron chi connectivity index (χ0n) is 12.3. The van der Waals surface area contributed by atoms with E-state index in [2.05, 4.69) is 0 Å². The Hall–Kier alpha value is -2.33. The van der Waals surface area contributed by atoms with Crippen LogP contribution in [-0.4, -0.2) is 24.1 Å². The number of para-hydroxylation sites is 1. The Morgan fingerprint density at radius 2 is 1.81 bits per heavy atom. The van der Waals surface area contributed by atoms with Crippen molar-refractivity contribution in [3.63, 3.8) is 0 Å². The van der Waals surface area contributed by atoms with Crippen LogP contribution in [-0.2, 0) is 11.2 Å². The largest absolute Gasteiger partial charge is 0.508 e. The number of nitrogens with zero attached hydrogens (tertiary/aromatic N) is 1. The normalized spacial score (nSPS) is 12.0. The van der Waals surface area contributed by atoms with Crippen molar-refractivity contribution in [2.45, 2.75) is 19.4 Å². The van der Waals surface area contributed by atoms with Crippen LogP contribution in [0.3, 0.4) is 0 Å². The number of phenols is 1. The Balaban J connectivity index is 2.08. The number of phenolic OH excluding ortho intramolecular Hbond substituents is 1. The predicted octanol–water partition coefficient (Wildman–Crippen LogP) is 2.23. The molecule has 0 aliphatic heterocycles. The summed E-state index contributed by atoms with van der Waals surface area (Å²) in [6.45, 7) is 1.96. The van der Waals surface area contributed by atoms with Crippen LogP contribution in [0.2, 0.25) is 0 Å². The number of carbonyl (C=O) groups excluding carboxylic acids is 1. The fraction of sp³-hybridized carbons (Fsp3) is 0.235. The zero-order valence-corrected chi connectivity index (χ0v) is 12.3. The van der Waals surface area contributed by atoms with Crippen LogP contribution in [0.5, 0.6) is 5.75 Å². The lowest BCUT2D eigenvalue weighted by molar-refractivity contribution is -0.119. The minimum atomic E-state index is -0.612. The number of benzene rings is 2. The number of aryl methyl sites for hydroxylation is 1. The molecule has 0 aromatic heterocycles.